The summed E-state index contributed by atoms with van der Waals surface area (Å²) in [6.07, 6.45) is 5.74. The van der Waals surface area contributed by atoms with E-state index in [4.69, 9.17) is 9.84 Å². The lowest BCUT2D eigenvalue weighted by atomic mass is 10.1. The summed E-state index contributed by atoms with van der Waals surface area (Å²) in [4.78, 5) is 18.4. The van der Waals surface area contributed by atoms with Crippen LogP contribution in [0.25, 0.3) is 11.0 Å². The molecule has 7 heteroatoms. The van der Waals surface area contributed by atoms with Gasteiger partial charge in [0.15, 0.2) is 10.8 Å². The molecule has 3 heterocycles. The van der Waals surface area contributed by atoms with E-state index in [9.17, 15) is 4.79 Å². The molecule has 1 saturated heterocycles. The lowest BCUT2D eigenvalue weighted by Gasteiger charge is -2.27. The Labute approximate surface area is 126 Å². The van der Waals surface area contributed by atoms with E-state index >= 15 is 0 Å². The van der Waals surface area contributed by atoms with E-state index in [2.05, 4.69) is 16.8 Å². The van der Waals surface area contributed by atoms with Crippen LogP contribution in [0, 0.1) is 0 Å². The maximum atomic E-state index is 10.8. The van der Waals surface area contributed by atoms with Gasteiger partial charge in [-0.3, -0.25) is 4.40 Å². The highest BCUT2D eigenvalue weighted by molar-refractivity contribution is 7.15. The maximum absolute atomic E-state index is 10.8. The number of thiazole rings is 1. The fourth-order valence-electron chi connectivity index (χ4n) is 2.74. The zero-order valence-corrected chi connectivity index (χ0v) is 12.7. The van der Waals surface area contributed by atoms with E-state index < -0.39 is 5.97 Å². The van der Waals surface area contributed by atoms with Crippen molar-refractivity contribution >= 4 is 34.2 Å². The van der Waals surface area contributed by atoms with Crippen molar-refractivity contribution in [3.05, 3.63) is 23.3 Å². The molecule has 2 aromatic rings. The SMILES string of the molecule is CC1OCCC1N(C)c1nc2sccn2c1/C=C/C(=O)O. The topological polar surface area (TPSA) is 67.1 Å². The third-order valence-electron chi connectivity index (χ3n) is 3.83. The maximum Gasteiger partial charge on any atom is 0.328 e. The molecule has 0 aromatic carbocycles. The number of aromatic nitrogens is 2. The number of ether oxygens (including phenoxy) is 1. The molecule has 0 spiro atoms. The average Bonchev–Trinajstić information content (AvgIpc) is 3.10. The standard InChI is InChI=1S/C14H17N3O3S/c1-9-10(5-7-20-9)16(2)13-11(3-4-12(18)19)17-6-8-21-14(17)15-13/h3-4,6,8-10H,5,7H2,1-2H3,(H,18,19)/b4-3+. The molecule has 6 nitrogen and oxygen atoms in total. The number of anilines is 1. The van der Waals surface area contributed by atoms with Crippen molar-refractivity contribution in [1.82, 2.24) is 9.38 Å². The summed E-state index contributed by atoms with van der Waals surface area (Å²) >= 11 is 1.53. The van der Waals surface area contributed by atoms with Crippen LogP contribution < -0.4 is 4.90 Å². The molecule has 0 saturated carbocycles. The van der Waals surface area contributed by atoms with Crippen molar-refractivity contribution in [1.29, 1.82) is 0 Å². The molecule has 21 heavy (non-hydrogen) atoms. The monoisotopic (exact) mass is 307 g/mol. The smallest absolute Gasteiger partial charge is 0.328 e. The van der Waals surface area contributed by atoms with Gasteiger partial charge < -0.3 is 14.7 Å². The van der Waals surface area contributed by atoms with E-state index in [1.165, 1.54) is 11.3 Å². The number of carboxylic acids is 1. The minimum atomic E-state index is -0.966. The van der Waals surface area contributed by atoms with E-state index in [-0.39, 0.29) is 12.1 Å². The second-order valence-electron chi connectivity index (χ2n) is 5.09. The van der Waals surface area contributed by atoms with Gasteiger partial charge in [0, 0.05) is 31.3 Å². The summed E-state index contributed by atoms with van der Waals surface area (Å²) in [5.74, 6) is -0.173. The van der Waals surface area contributed by atoms with Crippen LogP contribution >= 0.6 is 11.3 Å². The molecular weight excluding hydrogens is 290 g/mol. The lowest BCUT2D eigenvalue weighted by molar-refractivity contribution is -0.131. The minimum absolute atomic E-state index is 0.144. The Morgan fingerprint density at radius 2 is 2.48 bits per heavy atom. The molecule has 112 valence electrons. The Morgan fingerprint density at radius 1 is 1.67 bits per heavy atom. The quantitative estimate of drug-likeness (QED) is 0.876. The molecule has 0 bridgehead atoms. The Hall–Kier alpha value is -1.86. The second kappa shape index (κ2) is 5.50. The molecular formula is C14H17N3O3S. The van der Waals surface area contributed by atoms with Gasteiger partial charge >= 0.3 is 5.97 Å². The van der Waals surface area contributed by atoms with Crippen LogP contribution in [-0.4, -0.2) is 46.3 Å². The molecule has 1 aliphatic heterocycles. The highest BCUT2D eigenvalue weighted by Crippen LogP contribution is 2.29. The zero-order chi connectivity index (χ0) is 15.0. The number of carbonyl (C=O) groups is 1. The van der Waals surface area contributed by atoms with Crippen LogP contribution in [0.5, 0.6) is 0 Å². The number of nitrogens with zero attached hydrogens (tertiary/aromatic N) is 3. The molecule has 1 aliphatic rings. The number of rotatable bonds is 4. The Bertz CT molecular complexity index is 691. The highest BCUT2D eigenvalue weighted by atomic mass is 32.1. The third kappa shape index (κ3) is 2.54. The Morgan fingerprint density at radius 3 is 3.14 bits per heavy atom. The van der Waals surface area contributed by atoms with Crippen molar-refractivity contribution in [2.75, 3.05) is 18.6 Å². The summed E-state index contributed by atoms with van der Waals surface area (Å²) < 4.78 is 7.53. The summed E-state index contributed by atoms with van der Waals surface area (Å²) in [5, 5.41) is 10.8. The van der Waals surface area contributed by atoms with Gasteiger partial charge in [0.25, 0.3) is 0 Å². The number of carboxylic acid groups (broad SMARTS) is 1. The summed E-state index contributed by atoms with van der Waals surface area (Å²) in [5.41, 5.74) is 0.787. The van der Waals surface area contributed by atoms with Crippen molar-refractivity contribution in [2.45, 2.75) is 25.5 Å². The van der Waals surface area contributed by atoms with Gasteiger partial charge in [-0.05, 0) is 19.4 Å². The fourth-order valence-corrected chi connectivity index (χ4v) is 3.46. The number of imidazole rings is 1. The predicted molar refractivity (Wildman–Crippen MR) is 82.0 cm³/mol. The van der Waals surface area contributed by atoms with E-state index in [0.717, 1.165) is 35.6 Å². The van der Waals surface area contributed by atoms with E-state index in [1.807, 2.05) is 23.0 Å². The van der Waals surface area contributed by atoms with Crippen LogP contribution in [0.3, 0.4) is 0 Å². The first-order valence-corrected chi connectivity index (χ1v) is 7.67. The summed E-state index contributed by atoms with van der Waals surface area (Å²) in [6.45, 7) is 2.80. The minimum Gasteiger partial charge on any atom is -0.478 e. The molecule has 0 aliphatic carbocycles. The fraction of sp³-hybridized carbons (Fsp3) is 0.429. The van der Waals surface area contributed by atoms with Crippen molar-refractivity contribution in [3.63, 3.8) is 0 Å². The van der Waals surface area contributed by atoms with Gasteiger partial charge in [0.1, 0.15) is 0 Å². The molecule has 2 atom stereocenters. The molecule has 1 N–H and O–H groups in total. The Balaban J connectivity index is 2.02. The molecule has 0 radical (unpaired) electrons. The second-order valence-corrected chi connectivity index (χ2v) is 5.96. The summed E-state index contributed by atoms with van der Waals surface area (Å²) in [6, 6.07) is 0.256. The molecule has 0 amide bonds. The number of likely N-dealkylation sites (N-methyl/N-ethyl adjacent to an activating group) is 1. The first kappa shape index (κ1) is 14.1. The predicted octanol–water partition coefficient (Wildman–Crippen LogP) is 2.11. The van der Waals surface area contributed by atoms with Gasteiger partial charge in [-0.15, -0.1) is 11.3 Å². The molecule has 2 aromatic heterocycles. The van der Waals surface area contributed by atoms with Crippen LogP contribution in [0.1, 0.15) is 19.0 Å². The normalized spacial score (nSPS) is 22.4. The van der Waals surface area contributed by atoms with Crippen LogP contribution in [0.15, 0.2) is 17.7 Å². The van der Waals surface area contributed by atoms with Crippen LogP contribution in [-0.2, 0) is 9.53 Å². The number of hydrogen-bond acceptors (Lipinski definition) is 5. The first-order chi connectivity index (χ1) is 10.1. The van der Waals surface area contributed by atoms with Gasteiger partial charge in [-0.2, -0.15) is 0 Å². The average molecular weight is 307 g/mol. The number of aliphatic carboxylic acids is 1. The van der Waals surface area contributed by atoms with E-state index in [1.54, 1.807) is 6.08 Å². The first-order valence-electron chi connectivity index (χ1n) is 6.79. The van der Waals surface area contributed by atoms with Gasteiger partial charge in [-0.25, -0.2) is 9.78 Å². The van der Waals surface area contributed by atoms with Gasteiger partial charge in [0.2, 0.25) is 0 Å². The van der Waals surface area contributed by atoms with Crippen molar-refractivity contribution < 1.29 is 14.6 Å². The molecule has 1 fully saturated rings. The summed E-state index contributed by atoms with van der Waals surface area (Å²) in [7, 11) is 1.99. The largest absolute Gasteiger partial charge is 0.478 e. The third-order valence-corrected chi connectivity index (χ3v) is 4.59. The zero-order valence-electron chi connectivity index (χ0n) is 11.9. The molecule has 2 unspecified atom stereocenters. The van der Waals surface area contributed by atoms with Crippen LogP contribution in [0.4, 0.5) is 5.82 Å². The van der Waals surface area contributed by atoms with Crippen molar-refractivity contribution in [2.24, 2.45) is 0 Å². The molecule has 3 rings (SSSR count). The number of fused-ring (bicyclic) bond motifs is 1. The Kier molecular flexibility index (Phi) is 3.69. The number of hydrogen-bond donors (Lipinski definition) is 1. The van der Waals surface area contributed by atoms with Crippen LogP contribution in [0.2, 0.25) is 0 Å². The van der Waals surface area contributed by atoms with Gasteiger partial charge in [0.05, 0.1) is 17.8 Å². The lowest BCUT2D eigenvalue weighted by Crippen LogP contribution is -2.37. The van der Waals surface area contributed by atoms with Crippen molar-refractivity contribution in [3.8, 4) is 0 Å². The highest BCUT2D eigenvalue weighted by Gasteiger charge is 2.30. The van der Waals surface area contributed by atoms with E-state index in [0.29, 0.717) is 0 Å². The van der Waals surface area contributed by atoms with Gasteiger partial charge in [-0.1, -0.05) is 0 Å².